The number of rotatable bonds is 7. The predicted octanol–water partition coefficient (Wildman–Crippen LogP) is 0.906. The SMILES string of the molecule is CCN(Cc1ccco1)S(=O)(=O)CCC(=O)O. The summed E-state index contributed by atoms with van der Waals surface area (Å²) in [6, 6.07) is 3.35. The maximum atomic E-state index is 11.8. The van der Waals surface area contributed by atoms with Crippen LogP contribution in [0.15, 0.2) is 22.8 Å². The molecule has 1 N–H and O–H groups in total. The van der Waals surface area contributed by atoms with Crippen LogP contribution in [0.2, 0.25) is 0 Å². The van der Waals surface area contributed by atoms with Crippen molar-refractivity contribution in [3.63, 3.8) is 0 Å². The lowest BCUT2D eigenvalue weighted by molar-refractivity contribution is -0.136. The fourth-order valence-corrected chi connectivity index (χ4v) is 2.74. The van der Waals surface area contributed by atoms with Gasteiger partial charge in [0, 0.05) is 6.54 Å². The average molecular weight is 261 g/mol. The number of nitrogens with zero attached hydrogens (tertiary/aromatic N) is 1. The zero-order valence-electron chi connectivity index (χ0n) is 9.50. The summed E-state index contributed by atoms with van der Waals surface area (Å²) in [6.45, 7) is 2.11. The molecule has 0 unspecified atom stereocenters. The molecule has 0 atom stereocenters. The van der Waals surface area contributed by atoms with Gasteiger partial charge in [0.15, 0.2) is 0 Å². The van der Waals surface area contributed by atoms with Gasteiger partial charge in [-0.25, -0.2) is 8.42 Å². The van der Waals surface area contributed by atoms with Gasteiger partial charge in [-0.15, -0.1) is 0 Å². The monoisotopic (exact) mass is 261 g/mol. The molecule has 0 bridgehead atoms. The van der Waals surface area contributed by atoms with Crippen LogP contribution in [0.4, 0.5) is 0 Å². The number of hydrogen-bond donors (Lipinski definition) is 1. The van der Waals surface area contributed by atoms with Gasteiger partial charge in [-0.2, -0.15) is 4.31 Å². The van der Waals surface area contributed by atoms with Crippen molar-refractivity contribution in [2.75, 3.05) is 12.3 Å². The van der Waals surface area contributed by atoms with Crippen molar-refractivity contribution in [3.05, 3.63) is 24.2 Å². The second-order valence-electron chi connectivity index (χ2n) is 3.47. The van der Waals surface area contributed by atoms with E-state index in [1.807, 2.05) is 0 Å². The van der Waals surface area contributed by atoms with E-state index in [4.69, 9.17) is 9.52 Å². The van der Waals surface area contributed by atoms with Crippen LogP contribution in [0, 0.1) is 0 Å². The molecule has 0 aliphatic rings. The number of hydrogen-bond acceptors (Lipinski definition) is 4. The van der Waals surface area contributed by atoms with E-state index in [-0.39, 0.29) is 13.1 Å². The third-order valence-corrected chi connectivity index (χ3v) is 4.13. The van der Waals surface area contributed by atoms with Gasteiger partial charge < -0.3 is 9.52 Å². The molecule has 1 heterocycles. The Morgan fingerprint density at radius 2 is 2.24 bits per heavy atom. The molecular formula is C10H15NO5S. The number of aliphatic carboxylic acids is 1. The smallest absolute Gasteiger partial charge is 0.304 e. The second kappa shape index (κ2) is 5.83. The van der Waals surface area contributed by atoms with Crippen LogP contribution in [0.5, 0.6) is 0 Å². The van der Waals surface area contributed by atoms with Crippen LogP contribution < -0.4 is 0 Å². The number of sulfonamides is 1. The summed E-state index contributed by atoms with van der Waals surface area (Å²) in [6.07, 6.45) is 1.07. The molecule has 0 aliphatic heterocycles. The van der Waals surface area contributed by atoms with Crippen molar-refractivity contribution in [1.29, 1.82) is 0 Å². The lowest BCUT2D eigenvalue weighted by atomic mass is 10.4. The molecule has 0 saturated heterocycles. The third kappa shape index (κ3) is 4.20. The van der Waals surface area contributed by atoms with E-state index in [2.05, 4.69) is 0 Å². The summed E-state index contributed by atoms with van der Waals surface area (Å²) >= 11 is 0. The second-order valence-corrected chi connectivity index (χ2v) is 5.55. The lowest BCUT2D eigenvalue weighted by Crippen LogP contribution is -2.33. The Bertz CT molecular complexity index is 451. The molecule has 1 aromatic rings. The number of furan rings is 1. The van der Waals surface area contributed by atoms with E-state index in [0.29, 0.717) is 5.76 Å². The molecule has 0 spiro atoms. The topological polar surface area (TPSA) is 87.8 Å². The van der Waals surface area contributed by atoms with E-state index in [1.54, 1.807) is 19.1 Å². The highest BCUT2D eigenvalue weighted by molar-refractivity contribution is 7.89. The van der Waals surface area contributed by atoms with Crippen molar-refractivity contribution >= 4 is 16.0 Å². The zero-order chi connectivity index (χ0) is 12.9. The molecule has 0 fully saturated rings. The van der Waals surface area contributed by atoms with Crippen LogP contribution in [-0.2, 0) is 21.4 Å². The molecule has 1 rings (SSSR count). The molecule has 0 radical (unpaired) electrons. The normalized spacial score (nSPS) is 11.9. The molecule has 0 aliphatic carbocycles. The Kier molecular flexibility index (Phi) is 4.71. The average Bonchev–Trinajstić information content (AvgIpc) is 2.75. The Labute approximate surface area is 99.9 Å². The molecule has 0 aromatic carbocycles. The molecule has 0 saturated carbocycles. The van der Waals surface area contributed by atoms with Gasteiger partial charge in [-0.1, -0.05) is 6.92 Å². The van der Waals surface area contributed by atoms with Crippen molar-refractivity contribution in [2.24, 2.45) is 0 Å². The van der Waals surface area contributed by atoms with Gasteiger partial charge in [0.25, 0.3) is 0 Å². The zero-order valence-corrected chi connectivity index (χ0v) is 10.3. The summed E-state index contributed by atoms with van der Waals surface area (Å²) in [5.74, 6) is -0.981. The Balaban J connectivity index is 2.69. The van der Waals surface area contributed by atoms with Crippen LogP contribution >= 0.6 is 0 Å². The highest BCUT2D eigenvalue weighted by Crippen LogP contribution is 2.10. The molecule has 96 valence electrons. The van der Waals surface area contributed by atoms with E-state index in [1.165, 1.54) is 10.6 Å². The van der Waals surface area contributed by atoms with E-state index < -0.39 is 28.2 Å². The first-order chi connectivity index (χ1) is 7.95. The summed E-state index contributed by atoms with van der Waals surface area (Å²) in [5, 5.41) is 8.49. The number of carboxylic acid groups (broad SMARTS) is 1. The highest BCUT2D eigenvalue weighted by Gasteiger charge is 2.22. The maximum absolute atomic E-state index is 11.8. The lowest BCUT2D eigenvalue weighted by Gasteiger charge is -2.18. The quantitative estimate of drug-likeness (QED) is 0.788. The van der Waals surface area contributed by atoms with Gasteiger partial charge in [-0.3, -0.25) is 4.79 Å². The maximum Gasteiger partial charge on any atom is 0.304 e. The number of carboxylic acids is 1. The van der Waals surface area contributed by atoms with Gasteiger partial charge >= 0.3 is 5.97 Å². The predicted molar refractivity (Wildman–Crippen MR) is 60.8 cm³/mol. The Hall–Kier alpha value is -1.34. The fourth-order valence-electron chi connectivity index (χ4n) is 1.33. The Morgan fingerprint density at radius 3 is 2.71 bits per heavy atom. The van der Waals surface area contributed by atoms with Gasteiger partial charge in [0.1, 0.15) is 5.76 Å². The standard InChI is InChI=1S/C10H15NO5S/c1-2-11(8-9-4-3-6-16-9)17(14,15)7-5-10(12)13/h3-4,6H,2,5,7-8H2,1H3,(H,12,13). The van der Waals surface area contributed by atoms with E-state index >= 15 is 0 Å². The summed E-state index contributed by atoms with van der Waals surface area (Å²) in [7, 11) is -3.55. The summed E-state index contributed by atoms with van der Waals surface area (Å²) in [4.78, 5) is 10.4. The van der Waals surface area contributed by atoms with Crippen LogP contribution in [0.1, 0.15) is 19.1 Å². The molecular weight excluding hydrogens is 246 g/mol. The van der Waals surface area contributed by atoms with Gasteiger partial charge in [0.05, 0.1) is 25.0 Å². The van der Waals surface area contributed by atoms with Crippen molar-refractivity contribution < 1.29 is 22.7 Å². The minimum Gasteiger partial charge on any atom is -0.481 e. The van der Waals surface area contributed by atoms with Gasteiger partial charge in [0.2, 0.25) is 10.0 Å². The van der Waals surface area contributed by atoms with Crippen molar-refractivity contribution in [1.82, 2.24) is 4.31 Å². The highest BCUT2D eigenvalue weighted by atomic mass is 32.2. The Morgan fingerprint density at radius 1 is 1.53 bits per heavy atom. The molecule has 7 heteroatoms. The third-order valence-electron chi connectivity index (χ3n) is 2.23. The molecule has 1 aromatic heterocycles. The molecule has 6 nitrogen and oxygen atoms in total. The van der Waals surface area contributed by atoms with E-state index in [0.717, 1.165) is 0 Å². The summed E-state index contributed by atoms with van der Waals surface area (Å²) in [5.41, 5.74) is 0. The van der Waals surface area contributed by atoms with Crippen LogP contribution in [-0.4, -0.2) is 36.1 Å². The molecule has 0 amide bonds. The fraction of sp³-hybridized carbons (Fsp3) is 0.500. The number of carbonyl (C=O) groups is 1. The molecule has 17 heavy (non-hydrogen) atoms. The van der Waals surface area contributed by atoms with Gasteiger partial charge in [-0.05, 0) is 12.1 Å². The summed E-state index contributed by atoms with van der Waals surface area (Å²) < 4.78 is 29.9. The first kappa shape index (κ1) is 13.7. The van der Waals surface area contributed by atoms with Crippen molar-refractivity contribution in [3.8, 4) is 0 Å². The van der Waals surface area contributed by atoms with Crippen LogP contribution in [0.25, 0.3) is 0 Å². The largest absolute Gasteiger partial charge is 0.481 e. The minimum absolute atomic E-state index is 0.130. The first-order valence-corrected chi connectivity index (χ1v) is 6.78. The van der Waals surface area contributed by atoms with E-state index in [9.17, 15) is 13.2 Å². The minimum atomic E-state index is -3.55. The van der Waals surface area contributed by atoms with Crippen molar-refractivity contribution in [2.45, 2.75) is 19.9 Å². The first-order valence-electron chi connectivity index (χ1n) is 5.17. The van der Waals surface area contributed by atoms with Crippen LogP contribution in [0.3, 0.4) is 0 Å².